The molecule has 5 fully saturated rings. The molecule has 0 unspecified atom stereocenters. The van der Waals surface area contributed by atoms with E-state index in [9.17, 15) is 24.0 Å². The summed E-state index contributed by atoms with van der Waals surface area (Å²) in [7, 11) is 2.40. The number of aromatic nitrogens is 15. The molecule has 35 heteroatoms. The van der Waals surface area contributed by atoms with Gasteiger partial charge in [0.05, 0.1) is 74.9 Å². The number of nitrogens with one attached hydrogen (secondary N) is 5. The third-order valence-corrected chi connectivity index (χ3v) is 17.1. The summed E-state index contributed by atoms with van der Waals surface area (Å²) in [5, 5.41) is 0.881. The molecule has 0 bridgehead atoms. The van der Waals surface area contributed by atoms with Crippen LogP contribution in [-0.2, 0) is 24.0 Å². The number of rotatable bonds is 15. The van der Waals surface area contributed by atoms with E-state index in [2.05, 4.69) is 99.0 Å². The van der Waals surface area contributed by atoms with Crippen LogP contribution in [0, 0.1) is 62.4 Å². The van der Waals surface area contributed by atoms with Crippen molar-refractivity contribution in [3.8, 4) is 0 Å². The van der Waals surface area contributed by atoms with E-state index in [0.717, 1.165) is 28.7 Å². The highest BCUT2D eigenvalue weighted by Crippen LogP contribution is 2.35. The van der Waals surface area contributed by atoms with Gasteiger partial charge in [0.2, 0.25) is 0 Å². The molecular formula is C80H100N30O5. The highest BCUT2D eigenvalue weighted by atomic mass is 16.2. The highest BCUT2D eigenvalue weighted by Gasteiger charge is 2.39. The van der Waals surface area contributed by atoms with Gasteiger partial charge >= 0.3 is 29.5 Å². The van der Waals surface area contributed by atoms with Crippen LogP contribution in [0.3, 0.4) is 0 Å². The smallest absolute Gasteiger partial charge is 0.302 e. The Morgan fingerprint density at radius 3 is 0.957 bits per heavy atom. The number of amides is 5. The largest absolute Gasteiger partial charge is 0.354 e. The van der Waals surface area contributed by atoms with Crippen molar-refractivity contribution in [2.45, 2.75) is 96.7 Å². The van der Waals surface area contributed by atoms with Gasteiger partial charge in [-0.3, -0.25) is 24.0 Å². The number of nitrogens with zero attached hydrogens (tertiary/aromatic N) is 25. The van der Waals surface area contributed by atoms with Gasteiger partial charge in [0.15, 0.2) is 0 Å². The lowest BCUT2D eigenvalue weighted by Gasteiger charge is -2.41. The third-order valence-electron chi connectivity index (χ3n) is 17.1. The molecule has 5 aliphatic rings. The lowest BCUT2D eigenvalue weighted by molar-refractivity contribution is -0.131. The number of likely N-dealkylation sites (tertiary alicyclic amines) is 5. The molecular weight excluding hydrogens is 1460 g/mol. The van der Waals surface area contributed by atoms with E-state index >= 15 is 0 Å². The summed E-state index contributed by atoms with van der Waals surface area (Å²) in [6.45, 7) is -11.6. The molecule has 15 heterocycles. The molecule has 10 aromatic heterocycles. The summed E-state index contributed by atoms with van der Waals surface area (Å²) in [5.41, 5.74) is 0.673. The van der Waals surface area contributed by atoms with E-state index in [0.29, 0.717) is 15.2 Å². The second-order valence-corrected chi connectivity index (χ2v) is 24.7. The van der Waals surface area contributed by atoms with E-state index in [4.69, 9.17) is 95.9 Å². The van der Waals surface area contributed by atoms with Gasteiger partial charge < -0.3 is 98.1 Å². The minimum Gasteiger partial charge on any atom is -0.354 e. The number of H-pyrrole nitrogens is 5. The quantitative estimate of drug-likeness (QED) is 0.0612. The first kappa shape index (κ1) is 41.6. The molecule has 10 atom stereocenters. The van der Waals surface area contributed by atoms with Crippen LogP contribution in [0.4, 0.5) is 29.1 Å². The van der Waals surface area contributed by atoms with Crippen LogP contribution in [0.2, 0.25) is 0 Å². The minimum atomic E-state index is -3.43. The lowest BCUT2D eigenvalue weighted by Crippen LogP contribution is -2.53. The summed E-state index contributed by atoms with van der Waals surface area (Å²) in [6.07, 6.45) is 0.359. The topological polar surface area (TPSA) is 347 Å². The molecule has 5 saturated heterocycles. The third kappa shape index (κ3) is 19.2. The first-order chi connectivity index (χ1) is 73.2. The van der Waals surface area contributed by atoms with Gasteiger partial charge in [-0.1, -0.05) is 34.5 Å². The molecule has 600 valence electrons. The van der Waals surface area contributed by atoms with Gasteiger partial charge in [-0.15, -0.1) is 0 Å². The van der Waals surface area contributed by atoms with Crippen LogP contribution < -0.4 is 24.5 Å². The molecule has 5 amide bonds. The summed E-state index contributed by atoms with van der Waals surface area (Å²) in [5.74, 6) is -18.0. The molecule has 5 N–H and O–H groups in total. The average Bonchev–Trinajstić information content (AvgIpc) is 0.882. The Morgan fingerprint density at radius 1 is 0.391 bits per heavy atom. The Bertz CT molecular complexity index is 7480. The number of piperidine rings is 5. The number of hydrogen-bond donors (Lipinski definition) is 5. The van der Waals surface area contributed by atoms with Crippen molar-refractivity contribution < 1.29 is 87.0 Å². The van der Waals surface area contributed by atoms with E-state index in [1.165, 1.54) is 76.1 Å². The van der Waals surface area contributed by atoms with Crippen molar-refractivity contribution in [1.82, 2.24) is 99.3 Å². The average molecular weight is 1610 g/mol. The van der Waals surface area contributed by atoms with E-state index in [1.807, 2.05) is 0 Å². The van der Waals surface area contributed by atoms with E-state index in [1.54, 1.807) is 6.07 Å². The van der Waals surface area contributed by atoms with Crippen LogP contribution in [0.25, 0.3) is 79.4 Å². The predicted molar refractivity (Wildman–Crippen MR) is 440 cm³/mol. The number of anilines is 5. The van der Waals surface area contributed by atoms with Crippen LogP contribution in [0.15, 0.2) is 92.8 Å². The fraction of sp³-hybridized carbons (Fsp3) is 0.500. The SMILES string of the molecule is [2H]c1nc(N(C([2H])([2H])[2H])[C@@]2([2H])C([2H])([2H])N(C(=O)C[N+]#[C-])C([2H])([2H])C[C@@]2([2H])C)c2cc[nH]c2n1.[2H]c1nc(N(C)[C@@]2([2H])C([2H])([2H])N(C(=O)C[N+]#[C-])C([2H])([2H])C[C@@]2([2H])C([2H])([2H])[2H])c2cc[nH]c2n1.[2H]c1nc(N(C)[C@@]2([2H])C([2H])([2H])N(C(=O)C[N+]#[C-])C([2H])([2H])C[C@@]2([2H])C)c2cc[nH]c2n1.[2H]c1nc(N([C@@H]2[C@H](C([2H])([2H])[2H])CC([2H])([2H])N(C(=O)C[N+]#[C-])C2([2H])[2H])C([2H])([2H])[2H])c2cc[nH]c2n1.[2H]c1nc(N([C@@H]2[C@H](C)CC([2H])([2H])N(C(=O)C[N+]#[C-])C2([2H])[2H])C([2H])([2H])[2H])c2cc[nH]c2n1. The standard InChI is InChI=1S/5C16H20N6O/c5*1-11-5-7-22(14(23)8-17-2)9-13(11)21(3)16-12-4-6-18-15(12)19-10-20-16/h5*4,6,10-11,13H,5,7-9H2,1,3H3,(H,18,19,20)/t5*11-,13+/m11111/s1/i3D3,7D2,9D2,10D,11D,13D;1D3,7D2,9D2,10D,11D,13D;7D2,9D2,10D,11D,13D;1D3,3D3,7D2,9D2,10D;3D3,7D2,9D2,10D. The van der Waals surface area contributed by atoms with Gasteiger partial charge in [-0.25, -0.2) is 82.7 Å². The lowest BCUT2D eigenvalue weighted by atomic mass is 9.92. The number of hydrogen-bond acceptors (Lipinski definition) is 20. The summed E-state index contributed by atoms with van der Waals surface area (Å²) >= 11 is 0. The summed E-state index contributed by atoms with van der Waals surface area (Å²) in [6, 6.07) is -5.35. The normalized spacial score (nSPS) is 35.8. The zero-order valence-electron chi connectivity index (χ0n) is 107. The second-order valence-electron chi connectivity index (χ2n) is 24.7. The van der Waals surface area contributed by atoms with E-state index < -0.39 is 290 Å². The Labute approximate surface area is 733 Å². The molecule has 15 rings (SSSR count). The van der Waals surface area contributed by atoms with Gasteiger partial charge in [-0.2, -0.15) is 0 Å². The molecule has 35 nitrogen and oxygen atoms in total. The Morgan fingerprint density at radius 2 is 0.652 bits per heavy atom. The number of likely N-dealkylation sites (N-methyl/N-ethyl adjacent to an activating group) is 5. The maximum absolute atomic E-state index is 12.6. The molecule has 0 radical (unpaired) electrons. The molecule has 0 spiro atoms. The molecule has 0 aromatic carbocycles. The molecule has 0 aliphatic carbocycles. The number of aromatic amines is 5. The van der Waals surface area contributed by atoms with Crippen LogP contribution in [-0.4, -0.2) is 292 Å². The Balaban J connectivity index is 0.000000189. The van der Waals surface area contributed by atoms with Gasteiger partial charge in [0, 0.05) is 169 Å². The minimum absolute atomic E-state index is 0.0105. The van der Waals surface area contributed by atoms with Crippen molar-refractivity contribution in [2.24, 2.45) is 29.5 Å². The van der Waals surface area contributed by atoms with E-state index in [-0.39, 0.29) is 98.2 Å². The van der Waals surface area contributed by atoms with Gasteiger partial charge in [-0.05, 0) is 92.0 Å². The number of carbonyl (C=O) groups is 5. The number of fused-ring (bicyclic) bond motifs is 5. The maximum Gasteiger partial charge on any atom is 0.302 e. The maximum atomic E-state index is 12.6. The molecule has 115 heavy (non-hydrogen) atoms. The van der Waals surface area contributed by atoms with Crippen molar-refractivity contribution in [1.29, 1.82) is 0 Å². The fourth-order valence-corrected chi connectivity index (χ4v) is 11.3. The fourth-order valence-electron chi connectivity index (χ4n) is 11.3. The number of carbonyl (C=O) groups excluding carboxylic acids is 5. The molecule has 0 saturated carbocycles. The molecule has 5 aliphatic heterocycles. The highest BCUT2D eigenvalue weighted by molar-refractivity contribution is 5.91. The zero-order chi connectivity index (χ0) is 122. The summed E-state index contributed by atoms with van der Waals surface area (Å²) < 4.78 is 383. The van der Waals surface area contributed by atoms with Gasteiger partial charge in [0.1, 0.15) is 95.7 Å². The van der Waals surface area contributed by atoms with Crippen LogP contribution in [0.5, 0.6) is 0 Å². The van der Waals surface area contributed by atoms with Crippen molar-refractivity contribution in [3.63, 3.8) is 0 Å². The van der Waals surface area contributed by atoms with Gasteiger partial charge in [0.25, 0.3) is 32.7 Å². The Hall–Kier alpha value is -13.1. The molecule has 10 aromatic rings. The first-order valence-electron chi connectivity index (χ1n) is 57.0. The second kappa shape index (κ2) is 38.4. The van der Waals surface area contributed by atoms with Crippen LogP contribution >= 0.6 is 0 Å². The summed E-state index contributed by atoms with van der Waals surface area (Å²) in [4.78, 5) is 134. The van der Waals surface area contributed by atoms with Crippen LogP contribution in [0.1, 0.15) is 130 Å². The monoisotopic (exact) mass is 1610 g/mol. The van der Waals surface area contributed by atoms with Crippen molar-refractivity contribution in [2.75, 3.05) is 157 Å². The zero-order valence-corrected chi connectivity index (χ0v) is 61.4. The first-order valence-corrected chi connectivity index (χ1v) is 34.0. The Kier molecular flexibility index (Phi) is 13.9. The predicted octanol–water partition coefficient (Wildman–Crippen LogP) is 7.75. The van der Waals surface area contributed by atoms with Crippen molar-refractivity contribution >= 4 is 114 Å². The van der Waals surface area contributed by atoms with Crippen molar-refractivity contribution in [3.05, 3.63) is 150 Å².